The van der Waals surface area contributed by atoms with Crippen molar-refractivity contribution in [1.29, 1.82) is 0 Å². The zero-order chi connectivity index (χ0) is 10.4. The topological polar surface area (TPSA) is 37.8 Å². The molecule has 0 atom stereocenters. The third-order valence-corrected chi connectivity index (χ3v) is 3.08. The van der Waals surface area contributed by atoms with Gasteiger partial charge in [-0.05, 0) is 19.4 Å². The van der Waals surface area contributed by atoms with Gasteiger partial charge in [0.05, 0.1) is 0 Å². The lowest BCUT2D eigenvalue weighted by atomic mass is 10.1. The fraction of sp³-hybridized carbons (Fsp3) is 0.800. The summed E-state index contributed by atoms with van der Waals surface area (Å²) in [5, 5.41) is 13.8. The zero-order valence-corrected chi connectivity index (χ0v) is 10.0. The molecular weight excluding hydrogens is 194 g/mol. The molecule has 0 aliphatic rings. The van der Waals surface area contributed by atoms with Crippen LogP contribution in [0.2, 0.25) is 0 Å². The van der Waals surface area contributed by atoms with Crippen LogP contribution in [0.1, 0.15) is 30.3 Å². The molecule has 0 aliphatic carbocycles. The maximum atomic E-state index is 4.18. The van der Waals surface area contributed by atoms with Crippen molar-refractivity contribution < 1.29 is 0 Å². The minimum Gasteiger partial charge on any atom is -0.319 e. The van der Waals surface area contributed by atoms with Crippen LogP contribution in [0.15, 0.2) is 0 Å². The summed E-state index contributed by atoms with van der Waals surface area (Å²) in [6.45, 7) is 5.46. The fourth-order valence-corrected chi connectivity index (χ4v) is 1.99. The third-order valence-electron chi connectivity index (χ3n) is 2.03. The van der Waals surface area contributed by atoms with Crippen molar-refractivity contribution in [3.63, 3.8) is 0 Å². The summed E-state index contributed by atoms with van der Waals surface area (Å²) in [7, 11) is 1.96. The van der Waals surface area contributed by atoms with Crippen molar-refractivity contribution in [1.82, 2.24) is 15.5 Å². The molecule has 0 bridgehead atoms. The second-order valence-corrected chi connectivity index (χ2v) is 5.02. The highest BCUT2D eigenvalue weighted by molar-refractivity contribution is 7.11. The van der Waals surface area contributed by atoms with Gasteiger partial charge < -0.3 is 5.32 Å². The number of aromatic nitrogens is 2. The first-order valence-electron chi connectivity index (χ1n) is 5.18. The van der Waals surface area contributed by atoms with Crippen LogP contribution < -0.4 is 5.32 Å². The predicted molar refractivity (Wildman–Crippen MR) is 60.7 cm³/mol. The van der Waals surface area contributed by atoms with Crippen LogP contribution in [0.3, 0.4) is 0 Å². The second kappa shape index (κ2) is 6.09. The summed E-state index contributed by atoms with van der Waals surface area (Å²) >= 11 is 1.75. The Hall–Kier alpha value is -0.480. The van der Waals surface area contributed by atoms with Crippen molar-refractivity contribution in [2.75, 3.05) is 13.6 Å². The Labute approximate surface area is 89.9 Å². The van der Waals surface area contributed by atoms with E-state index in [0.29, 0.717) is 0 Å². The van der Waals surface area contributed by atoms with E-state index in [1.54, 1.807) is 11.3 Å². The first-order chi connectivity index (χ1) is 6.72. The summed E-state index contributed by atoms with van der Waals surface area (Å²) in [5.41, 5.74) is 0. The van der Waals surface area contributed by atoms with Gasteiger partial charge in [-0.2, -0.15) is 0 Å². The quantitative estimate of drug-likeness (QED) is 0.784. The van der Waals surface area contributed by atoms with Crippen LogP contribution in [-0.4, -0.2) is 23.8 Å². The van der Waals surface area contributed by atoms with E-state index in [0.717, 1.165) is 30.3 Å². The van der Waals surface area contributed by atoms with Crippen molar-refractivity contribution >= 4 is 11.3 Å². The molecule has 0 aliphatic heterocycles. The molecule has 0 fully saturated rings. The lowest BCUT2D eigenvalue weighted by Gasteiger charge is -1.99. The highest BCUT2D eigenvalue weighted by Gasteiger charge is 2.04. The second-order valence-electron chi connectivity index (χ2n) is 3.88. The Morgan fingerprint density at radius 3 is 2.43 bits per heavy atom. The molecule has 1 aromatic rings. The van der Waals surface area contributed by atoms with E-state index < -0.39 is 0 Å². The van der Waals surface area contributed by atoms with E-state index >= 15 is 0 Å². The molecule has 14 heavy (non-hydrogen) atoms. The molecule has 0 amide bonds. The number of hydrogen-bond acceptors (Lipinski definition) is 4. The van der Waals surface area contributed by atoms with Crippen LogP contribution >= 0.6 is 11.3 Å². The molecular formula is C10H19N3S. The number of likely N-dealkylation sites (N-methyl/N-ethyl adjacent to an activating group) is 1. The molecule has 0 unspecified atom stereocenters. The number of aryl methyl sites for hydroxylation is 1. The molecule has 1 N–H and O–H groups in total. The Bertz CT molecular complexity index is 258. The lowest BCUT2D eigenvalue weighted by Crippen LogP contribution is -2.09. The van der Waals surface area contributed by atoms with Crippen LogP contribution in [0.4, 0.5) is 0 Å². The van der Waals surface area contributed by atoms with E-state index in [1.165, 1.54) is 11.4 Å². The number of nitrogens with one attached hydrogen (secondary N) is 1. The van der Waals surface area contributed by atoms with Crippen LogP contribution in [0.25, 0.3) is 0 Å². The van der Waals surface area contributed by atoms with Crippen LogP contribution in [-0.2, 0) is 12.8 Å². The van der Waals surface area contributed by atoms with Crippen molar-refractivity contribution in [2.45, 2.75) is 33.1 Å². The lowest BCUT2D eigenvalue weighted by molar-refractivity contribution is 0.583. The predicted octanol–water partition coefficient (Wildman–Crippen LogP) is 1.89. The first-order valence-corrected chi connectivity index (χ1v) is 6.00. The molecule has 0 saturated carbocycles. The van der Waals surface area contributed by atoms with Gasteiger partial charge in [0, 0.05) is 19.4 Å². The van der Waals surface area contributed by atoms with E-state index in [2.05, 4.69) is 29.4 Å². The summed E-state index contributed by atoms with van der Waals surface area (Å²) < 4.78 is 0. The smallest absolute Gasteiger partial charge is 0.118 e. The summed E-state index contributed by atoms with van der Waals surface area (Å²) in [5.74, 6) is 0.750. The normalized spacial score (nSPS) is 11.1. The monoisotopic (exact) mass is 213 g/mol. The average molecular weight is 213 g/mol. The molecule has 0 saturated heterocycles. The fourth-order valence-electron chi connectivity index (χ4n) is 1.13. The SMILES string of the molecule is CNCCc1nnc(CCC(C)C)s1. The highest BCUT2D eigenvalue weighted by atomic mass is 32.1. The zero-order valence-electron chi connectivity index (χ0n) is 9.21. The van der Waals surface area contributed by atoms with Gasteiger partial charge in [-0.3, -0.25) is 0 Å². The van der Waals surface area contributed by atoms with Gasteiger partial charge in [-0.15, -0.1) is 21.5 Å². The van der Waals surface area contributed by atoms with Gasteiger partial charge in [0.2, 0.25) is 0 Å². The Morgan fingerprint density at radius 2 is 1.86 bits per heavy atom. The van der Waals surface area contributed by atoms with Crippen LogP contribution in [0.5, 0.6) is 0 Å². The van der Waals surface area contributed by atoms with Gasteiger partial charge in [0.15, 0.2) is 0 Å². The maximum absolute atomic E-state index is 4.18. The summed E-state index contributed by atoms with van der Waals surface area (Å²) in [4.78, 5) is 0. The van der Waals surface area contributed by atoms with E-state index in [1.807, 2.05) is 7.05 Å². The van der Waals surface area contributed by atoms with Gasteiger partial charge in [0.25, 0.3) is 0 Å². The number of hydrogen-bond donors (Lipinski definition) is 1. The minimum atomic E-state index is 0.750. The molecule has 1 heterocycles. The van der Waals surface area contributed by atoms with E-state index in [-0.39, 0.29) is 0 Å². The Morgan fingerprint density at radius 1 is 1.21 bits per heavy atom. The minimum absolute atomic E-state index is 0.750. The molecule has 0 aromatic carbocycles. The summed E-state index contributed by atoms with van der Waals surface area (Å²) in [6.07, 6.45) is 3.28. The first kappa shape index (κ1) is 11.6. The van der Waals surface area contributed by atoms with Gasteiger partial charge >= 0.3 is 0 Å². The third kappa shape index (κ3) is 4.15. The molecule has 1 aromatic heterocycles. The van der Waals surface area contributed by atoms with Gasteiger partial charge in [-0.1, -0.05) is 13.8 Å². The summed E-state index contributed by atoms with van der Waals surface area (Å²) in [6, 6.07) is 0. The highest BCUT2D eigenvalue weighted by Crippen LogP contribution is 2.14. The van der Waals surface area contributed by atoms with E-state index in [9.17, 15) is 0 Å². The maximum Gasteiger partial charge on any atom is 0.118 e. The average Bonchev–Trinajstić information content (AvgIpc) is 2.59. The molecule has 1 rings (SSSR count). The molecule has 0 spiro atoms. The van der Waals surface area contributed by atoms with Gasteiger partial charge in [-0.25, -0.2) is 0 Å². The van der Waals surface area contributed by atoms with Crippen LogP contribution in [0, 0.1) is 5.92 Å². The number of nitrogens with zero attached hydrogens (tertiary/aromatic N) is 2. The van der Waals surface area contributed by atoms with Crippen molar-refractivity contribution in [3.05, 3.63) is 10.0 Å². The molecule has 0 radical (unpaired) electrons. The molecule has 3 nitrogen and oxygen atoms in total. The van der Waals surface area contributed by atoms with E-state index in [4.69, 9.17) is 0 Å². The van der Waals surface area contributed by atoms with Crippen molar-refractivity contribution in [2.24, 2.45) is 5.92 Å². The Kier molecular flexibility index (Phi) is 5.04. The Balaban J connectivity index is 2.35. The molecule has 4 heteroatoms. The molecule has 80 valence electrons. The van der Waals surface area contributed by atoms with Crippen molar-refractivity contribution in [3.8, 4) is 0 Å². The standard InChI is InChI=1S/C10H19N3S/c1-8(2)4-5-9-12-13-10(14-9)6-7-11-3/h8,11H,4-7H2,1-3H3. The largest absolute Gasteiger partial charge is 0.319 e. The van der Waals surface area contributed by atoms with Gasteiger partial charge in [0.1, 0.15) is 10.0 Å². The number of rotatable bonds is 6.